The summed E-state index contributed by atoms with van der Waals surface area (Å²) in [5.74, 6) is 0.156. The minimum absolute atomic E-state index is 0.00861. The number of hydrogen-bond donors (Lipinski definition) is 0. The van der Waals surface area contributed by atoms with E-state index in [-0.39, 0.29) is 27.7 Å². The van der Waals surface area contributed by atoms with Crippen molar-refractivity contribution >= 4 is 97.6 Å². The fourth-order valence-electron chi connectivity index (χ4n) is 23.4. The predicted octanol–water partition coefficient (Wildman–Crippen LogP) is 32.1. The first-order chi connectivity index (χ1) is 62.5. The van der Waals surface area contributed by atoms with E-state index in [1.54, 1.807) is 5.57 Å². The van der Waals surface area contributed by atoms with E-state index in [9.17, 15) is 0 Å². The highest BCUT2D eigenvalue weighted by Crippen LogP contribution is 2.63. The summed E-state index contributed by atoms with van der Waals surface area (Å²) >= 11 is 0. The highest BCUT2D eigenvalue weighted by Gasteiger charge is 2.52. The maximum atomic E-state index is 4.71. The van der Waals surface area contributed by atoms with E-state index in [2.05, 4.69) is 443 Å². The molecule has 6 aliphatic carbocycles. The molecule has 630 valence electrons. The molecule has 0 amide bonds. The molecule has 0 bridgehead atoms. The van der Waals surface area contributed by atoms with Gasteiger partial charge in [-0.25, -0.2) is 0 Å². The smallest absolute Gasteiger partial charge is 0.0703 e. The second kappa shape index (κ2) is 32.0. The minimum atomic E-state index is -0.353. The number of rotatable bonds is 15. The monoisotopic (exact) mass is 1660 g/mol. The molecule has 12 aromatic carbocycles. The summed E-state index contributed by atoms with van der Waals surface area (Å²) in [6.45, 7) is 25.7. The lowest BCUT2D eigenvalue weighted by molar-refractivity contribution is 0.455. The Labute approximate surface area is 758 Å². The molecule has 6 heteroatoms. The van der Waals surface area contributed by atoms with Gasteiger partial charge >= 0.3 is 0 Å². The molecule has 0 N–H and O–H groups in total. The van der Waals surface area contributed by atoms with Crippen molar-refractivity contribution in [2.45, 2.75) is 154 Å². The summed E-state index contributed by atoms with van der Waals surface area (Å²) in [6, 6.07) is 101. The van der Waals surface area contributed by atoms with Crippen LogP contribution in [0.15, 0.2) is 380 Å². The Morgan fingerprint density at radius 3 is 1.67 bits per heavy atom. The molecule has 0 aromatic heterocycles. The molecule has 6 nitrogen and oxygen atoms in total. The molecule has 10 aliphatic rings. The van der Waals surface area contributed by atoms with E-state index in [0.29, 0.717) is 0 Å². The molecule has 0 radical (unpaired) electrons. The molecule has 2 unspecified atom stereocenters. The van der Waals surface area contributed by atoms with Crippen LogP contribution in [0.25, 0.3) is 51.6 Å². The zero-order valence-electron chi connectivity index (χ0n) is 75.2. The van der Waals surface area contributed by atoms with Gasteiger partial charge in [0.15, 0.2) is 0 Å². The number of benzene rings is 12. The zero-order valence-corrected chi connectivity index (χ0v) is 75.2. The van der Waals surface area contributed by atoms with E-state index < -0.39 is 0 Å². The third-order valence-electron chi connectivity index (χ3n) is 29.9. The average molecular weight is 1660 g/mol. The van der Waals surface area contributed by atoms with Crippen molar-refractivity contribution in [2.24, 2.45) is 0 Å². The normalized spacial score (nSPS) is 19.7. The lowest BCUT2D eigenvalue weighted by Crippen LogP contribution is -2.50. The van der Waals surface area contributed by atoms with Crippen LogP contribution >= 0.6 is 0 Å². The topological polar surface area (TPSA) is 19.4 Å². The van der Waals surface area contributed by atoms with Gasteiger partial charge in [0, 0.05) is 69.2 Å². The van der Waals surface area contributed by atoms with Crippen molar-refractivity contribution in [1.29, 1.82) is 0 Å². The Bertz CT molecular complexity index is 6850. The van der Waals surface area contributed by atoms with Crippen LogP contribution in [0.2, 0.25) is 0 Å². The first-order valence-electron chi connectivity index (χ1n) is 46.9. The van der Waals surface area contributed by atoms with Crippen LogP contribution in [-0.2, 0) is 29.1 Å². The van der Waals surface area contributed by atoms with Gasteiger partial charge in [-0.1, -0.05) is 297 Å². The van der Waals surface area contributed by atoms with Gasteiger partial charge in [-0.2, -0.15) is 0 Å². The molecule has 4 heterocycles. The summed E-state index contributed by atoms with van der Waals surface area (Å²) < 4.78 is 0. The van der Waals surface area contributed by atoms with E-state index in [1.807, 2.05) is 0 Å². The predicted molar refractivity (Wildman–Crippen MR) is 544 cm³/mol. The lowest BCUT2D eigenvalue weighted by atomic mass is 9.70. The standard InChI is InChI=1S/C122H112N6/c1-10-97-98-67-63-95(124-74-30-37-91-34-15-17-40-110(91)124)79-105(98)119(5,6)103(97)75-82(2)49-50-86-56-66-101-102-69-72-121(9,81-108(102)122(107(101)77-86)70-25-26-71-122)128-117-47-13-11-12-41-115(117)125(116-46-22-23-48-118(116)128)84(4)32-28-31-83(3)88-59-61-93(62-60-88)126-111-42-18-20-44-113(111)127(114-45-21-19-43-112(114)126)96-38-29-36-92(78-96)89-57-53-85(54-58-89)51-52-87-55-65-99-100-68-64-94(80-106(100)120(7,8)104(99)76-87)123-73-27-24-35-90-33-14-16-39-109(90)123/h10,12-23,28-29,31-34,36,38-69,72,75-80,83H,2,11,24-27,30,35,37,70-71,73-74,81H2,1,3-9H3. The van der Waals surface area contributed by atoms with E-state index >= 15 is 0 Å². The van der Waals surface area contributed by atoms with E-state index in [4.69, 9.17) is 6.58 Å². The Kier molecular flexibility index (Phi) is 20.1. The SMILES string of the molecule is C=C(C=Cc1ccc2c(c1)C1(CCCC1)C1=C2C=CC(C)(N2C3=C(C=CCC=C3)N(C(C)=CC=CC(C)c3ccc(N4c5ccccc5N(c5cccc(-c6ccc(C=Cc7ccc8c(c7)C(C)(C)c7cc(N9CCCCc%10ccccc%109)ccc7-8)cc6)c5)c5ccccc54)cc3)c3ccccc32)C1)C=C1C(=CC)c2ccc(N3CCCc4ccccc43)cc2C1(C)C. The minimum Gasteiger partial charge on any atom is -0.341 e. The van der Waals surface area contributed by atoms with Gasteiger partial charge in [0.1, 0.15) is 0 Å². The molecule has 22 rings (SSSR count). The molecule has 4 aliphatic heterocycles. The molecular weight excluding hydrogens is 1550 g/mol. The van der Waals surface area contributed by atoms with Crippen LogP contribution in [0.5, 0.6) is 0 Å². The van der Waals surface area contributed by atoms with Gasteiger partial charge in [-0.05, 0) is 317 Å². The Morgan fingerprint density at radius 1 is 0.445 bits per heavy atom. The van der Waals surface area contributed by atoms with Crippen LogP contribution < -0.4 is 29.4 Å². The van der Waals surface area contributed by atoms with Crippen molar-refractivity contribution in [3.8, 4) is 22.3 Å². The second-order valence-electron chi connectivity index (χ2n) is 38.4. The van der Waals surface area contributed by atoms with Gasteiger partial charge in [0.2, 0.25) is 0 Å². The summed E-state index contributed by atoms with van der Waals surface area (Å²) in [5, 5.41) is 0. The first kappa shape index (κ1) is 80.2. The van der Waals surface area contributed by atoms with E-state index in [0.717, 1.165) is 90.6 Å². The van der Waals surface area contributed by atoms with Crippen LogP contribution in [-0.4, -0.2) is 18.6 Å². The van der Waals surface area contributed by atoms with Crippen molar-refractivity contribution in [1.82, 2.24) is 0 Å². The number of hydrogen-bond acceptors (Lipinski definition) is 6. The zero-order chi connectivity index (χ0) is 86.7. The van der Waals surface area contributed by atoms with Gasteiger partial charge in [-0.3, -0.25) is 0 Å². The molecule has 2 atom stereocenters. The molecule has 128 heavy (non-hydrogen) atoms. The van der Waals surface area contributed by atoms with Crippen LogP contribution in [0.1, 0.15) is 186 Å². The Balaban J connectivity index is 0.476. The fourth-order valence-corrected chi connectivity index (χ4v) is 23.4. The highest BCUT2D eigenvalue weighted by molar-refractivity contribution is 6.02. The summed E-state index contributed by atoms with van der Waals surface area (Å²) in [7, 11) is 0. The van der Waals surface area contributed by atoms with Crippen LogP contribution in [0, 0.1) is 0 Å². The first-order valence-corrected chi connectivity index (χ1v) is 46.9. The number of para-hydroxylation sites is 8. The molecule has 0 saturated heterocycles. The van der Waals surface area contributed by atoms with Gasteiger partial charge in [0.25, 0.3) is 0 Å². The quantitative estimate of drug-likeness (QED) is 0.0747. The average Bonchev–Trinajstić information content (AvgIpc) is 1.52. The lowest BCUT2D eigenvalue weighted by Gasteiger charge is -2.50. The molecule has 1 fully saturated rings. The van der Waals surface area contributed by atoms with Crippen molar-refractivity contribution in [3.63, 3.8) is 0 Å². The van der Waals surface area contributed by atoms with Crippen LogP contribution in [0.3, 0.4) is 0 Å². The maximum absolute atomic E-state index is 4.71. The van der Waals surface area contributed by atoms with Crippen molar-refractivity contribution in [2.75, 3.05) is 42.5 Å². The molecule has 1 saturated carbocycles. The largest absolute Gasteiger partial charge is 0.341 e. The molecular formula is C122H112N6. The third kappa shape index (κ3) is 13.6. The second-order valence-corrected chi connectivity index (χ2v) is 38.4. The highest BCUT2D eigenvalue weighted by atomic mass is 15.3. The molecule has 1 spiro atoms. The van der Waals surface area contributed by atoms with Gasteiger partial charge in [-0.15, -0.1) is 0 Å². The number of nitrogens with zero attached hydrogens (tertiary/aromatic N) is 6. The summed E-state index contributed by atoms with van der Waals surface area (Å²) in [5.41, 5.74) is 45.3. The number of aryl methyl sites for hydroxylation is 2. The summed E-state index contributed by atoms with van der Waals surface area (Å²) in [4.78, 5) is 15.2. The van der Waals surface area contributed by atoms with Gasteiger partial charge < -0.3 is 29.4 Å². The summed E-state index contributed by atoms with van der Waals surface area (Å²) in [6.07, 6.45) is 47.7. The van der Waals surface area contributed by atoms with E-state index in [1.165, 1.54) is 190 Å². The molecule has 12 aromatic rings. The Morgan fingerprint density at radius 2 is 0.992 bits per heavy atom. The van der Waals surface area contributed by atoms with Crippen molar-refractivity contribution in [3.05, 3.63) is 447 Å². The number of fused-ring (bicyclic) bond motifs is 13. The van der Waals surface area contributed by atoms with Crippen LogP contribution in [0.4, 0.5) is 68.2 Å². The fraction of sp³-hybridized carbons (Fsp3) is 0.213. The number of anilines is 12. The third-order valence-corrected chi connectivity index (χ3v) is 29.9. The van der Waals surface area contributed by atoms with Crippen molar-refractivity contribution < 1.29 is 0 Å². The maximum Gasteiger partial charge on any atom is 0.0703 e. The van der Waals surface area contributed by atoms with Gasteiger partial charge in [0.05, 0.1) is 51.1 Å². The number of allylic oxidation sites excluding steroid dienone is 16. The Hall–Kier alpha value is -13.7.